The van der Waals surface area contributed by atoms with Gasteiger partial charge in [0.25, 0.3) is 0 Å². The molecule has 0 amide bonds. The van der Waals surface area contributed by atoms with Gasteiger partial charge in [-0.05, 0) is 12.1 Å². The number of benzene rings is 1. The number of thiophene rings is 1. The predicted molar refractivity (Wildman–Crippen MR) is 73.0 cm³/mol. The fraction of sp³-hybridized carbons (Fsp3) is 0.231. The van der Waals surface area contributed by atoms with Crippen molar-refractivity contribution in [1.29, 1.82) is 0 Å². The monoisotopic (exact) mass is 282 g/mol. The maximum absolute atomic E-state index is 14.0. The van der Waals surface area contributed by atoms with Gasteiger partial charge in [0, 0.05) is 21.9 Å². The summed E-state index contributed by atoms with van der Waals surface area (Å²) in [6.07, 6.45) is 0. The van der Waals surface area contributed by atoms with Crippen molar-refractivity contribution in [2.45, 2.75) is 6.04 Å². The van der Waals surface area contributed by atoms with Crippen molar-refractivity contribution in [3.8, 4) is 11.5 Å². The van der Waals surface area contributed by atoms with E-state index in [1.807, 2.05) is 11.4 Å². The summed E-state index contributed by atoms with van der Waals surface area (Å²) >= 11 is 1.45. The average Bonchev–Trinajstić information content (AvgIpc) is 2.90. The molecule has 1 aromatic heterocycles. The molecule has 0 aliphatic carbocycles. The first-order valence-corrected chi connectivity index (χ1v) is 6.49. The highest BCUT2D eigenvalue weighted by Gasteiger charge is 2.19. The second-order valence-corrected chi connectivity index (χ2v) is 4.82. The Bertz CT molecular complexity index is 559. The zero-order chi connectivity index (χ0) is 13.8. The molecule has 0 saturated heterocycles. The maximum Gasteiger partial charge on any atom is 0.132 e. The van der Waals surface area contributed by atoms with Crippen molar-refractivity contribution in [3.05, 3.63) is 45.9 Å². The summed E-state index contributed by atoms with van der Waals surface area (Å²) in [5.74, 6) is 6.38. The molecule has 0 spiro atoms. The zero-order valence-electron chi connectivity index (χ0n) is 10.6. The lowest BCUT2D eigenvalue weighted by Crippen LogP contribution is -2.28. The molecule has 2 rings (SSSR count). The number of hydrogen-bond donors (Lipinski definition) is 2. The van der Waals surface area contributed by atoms with Crippen molar-refractivity contribution in [3.63, 3.8) is 0 Å². The van der Waals surface area contributed by atoms with E-state index in [9.17, 15) is 4.39 Å². The second-order valence-electron chi connectivity index (χ2n) is 3.88. The van der Waals surface area contributed by atoms with Crippen LogP contribution in [-0.2, 0) is 0 Å². The highest BCUT2D eigenvalue weighted by atomic mass is 32.1. The lowest BCUT2D eigenvalue weighted by molar-refractivity contribution is 0.409. The molecule has 0 aliphatic rings. The van der Waals surface area contributed by atoms with Crippen molar-refractivity contribution >= 4 is 11.3 Å². The third-order valence-electron chi connectivity index (χ3n) is 2.80. The number of halogens is 1. The van der Waals surface area contributed by atoms with Gasteiger partial charge < -0.3 is 9.47 Å². The third-order valence-corrected chi connectivity index (χ3v) is 3.78. The fourth-order valence-electron chi connectivity index (χ4n) is 1.79. The van der Waals surface area contributed by atoms with E-state index >= 15 is 0 Å². The molecule has 4 nitrogen and oxygen atoms in total. The molecular formula is C13H15FN2O2S. The molecule has 0 fully saturated rings. The molecule has 2 aromatic rings. The summed E-state index contributed by atoms with van der Waals surface area (Å²) in [5.41, 5.74) is 3.09. The van der Waals surface area contributed by atoms with Crippen molar-refractivity contribution < 1.29 is 13.9 Å². The number of nitrogens with two attached hydrogens (primary N) is 1. The number of rotatable bonds is 5. The number of hydrazine groups is 1. The van der Waals surface area contributed by atoms with Crippen LogP contribution in [0.5, 0.6) is 11.5 Å². The molecule has 6 heteroatoms. The molecule has 0 aliphatic heterocycles. The Kier molecular flexibility index (Phi) is 4.36. The van der Waals surface area contributed by atoms with Crippen LogP contribution in [0.1, 0.15) is 16.5 Å². The summed E-state index contributed by atoms with van der Waals surface area (Å²) in [7, 11) is 3.09. The normalized spacial score (nSPS) is 12.2. The Hall–Kier alpha value is -1.63. The van der Waals surface area contributed by atoms with Crippen LogP contribution < -0.4 is 20.7 Å². The summed E-state index contributed by atoms with van der Waals surface area (Å²) in [6.45, 7) is 0. The van der Waals surface area contributed by atoms with Crippen LogP contribution in [0, 0.1) is 5.82 Å². The zero-order valence-corrected chi connectivity index (χ0v) is 11.5. The van der Waals surface area contributed by atoms with Crippen LogP contribution in [0.3, 0.4) is 0 Å². The van der Waals surface area contributed by atoms with Crippen LogP contribution in [0.15, 0.2) is 29.6 Å². The predicted octanol–water partition coefficient (Wildman–Crippen LogP) is 2.46. The van der Waals surface area contributed by atoms with Crippen molar-refractivity contribution in [2.75, 3.05) is 14.2 Å². The second kappa shape index (κ2) is 6.01. The Balaban J connectivity index is 2.36. The molecule has 1 atom stereocenters. The van der Waals surface area contributed by atoms with Gasteiger partial charge in [-0.25, -0.2) is 9.82 Å². The molecule has 3 N–H and O–H groups in total. The van der Waals surface area contributed by atoms with Gasteiger partial charge in [-0.2, -0.15) is 0 Å². The van der Waals surface area contributed by atoms with Crippen molar-refractivity contribution in [2.24, 2.45) is 5.84 Å². The van der Waals surface area contributed by atoms with Crippen molar-refractivity contribution in [1.82, 2.24) is 5.43 Å². The fourth-order valence-corrected chi connectivity index (χ4v) is 2.72. The summed E-state index contributed by atoms with van der Waals surface area (Å²) in [5, 5.41) is 1.85. The van der Waals surface area contributed by atoms with Gasteiger partial charge in [-0.3, -0.25) is 5.84 Å². The van der Waals surface area contributed by atoms with Gasteiger partial charge in [-0.1, -0.05) is 6.07 Å². The van der Waals surface area contributed by atoms with Gasteiger partial charge in [0.15, 0.2) is 0 Å². The quantitative estimate of drug-likeness (QED) is 0.653. The van der Waals surface area contributed by atoms with Crippen LogP contribution in [0.2, 0.25) is 0 Å². The van der Waals surface area contributed by atoms with E-state index in [0.717, 1.165) is 10.6 Å². The number of ether oxygens (including phenoxy) is 2. The molecular weight excluding hydrogens is 267 g/mol. The molecule has 1 aromatic carbocycles. The highest BCUT2D eigenvalue weighted by molar-refractivity contribution is 7.10. The Morgan fingerprint density at radius 3 is 2.47 bits per heavy atom. The van der Waals surface area contributed by atoms with Crippen LogP contribution >= 0.6 is 11.3 Å². The average molecular weight is 282 g/mol. The minimum absolute atomic E-state index is 0.366. The van der Waals surface area contributed by atoms with E-state index in [2.05, 4.69) is 5.43 Å². The molecule has 102 valence electrons. The first-order valence-electron chi connectivity index (χ1n) is 5.61. The first-order chi connectivity index (χ1) is 9.19. The Morgan fingerprint density at radius 1 is 1.21 bits per heavy atom. The molecule has 0 bridgehead atoms. The first kappa shape index (κ1) is 13.8. The third kappa shape index (κ3) is 2.86. The smallest absolute Gasteiger partial charge is 0.132 e. The Morgan fingerprint density at radius 2 is 1.95 bits per heavy atom. The summed E-state index contributed by atoms with van der Waals surface area (Å²) in [6, 6.07) is 6.11. The van der Waals surface area contributed by atoms with E-state index < -0.39 is 6.04 Å². The molecule has 19 heavy (non-hydrogen) atoms. The topological polar surface area (TPSA) is 56.5 Å². The van der Waals surface area contributed by atoms with Gasteiger partial charge in [0.2, 0.25) is 0 Å². The molecule has 0 radical (unpaired) electrons. The lowest BCUT2D eigenvalue weighted by atomic mass is 10.1. The van der Waals surface area contributed by atoms with E-state index in [0.29, 0.717) is 11.3 Å². The van der Waals surface area contributed by atoms with Gasteiger partial charge in [0.1, 0.15) is 17.3 Å². The van der Waals surface area contributed by atoms with Crippen LogP contribution in [-0.4, -0.2) is 14.2 Å². The van der Waals surface area contributed by atoms with E-state index in [-0.39, 0.29) is 5.82 Å². The summed E-state index contributed by atoms with van der Waals surface area (Å²) in [4.78, 5) is 0.878. The lowest BCUT2D eigenvalue weighted by Gasteiger charge is -2.16. The van der Waals surface area contributed by atoms with Crippen LogP contribution in [0.25, 0.3) is 0 Å². The van der Waals surface area contributed by atoms with E-state index in [1.54, 1.807) is 19.2 Å². The van der Waals surface area contributed by atoms with Gasteiger partial charge >= 0.3 is 0 Å². The SMILES string of the molecule is COc1csc(C(NN)c2ccc(OC)cc2F)c1. The largest absolute Gasteiger partial charge is 0.497 e. The van der Waals surface area contributed by atoms with Gasteiger partial charge in [0.05, 0.1) is 20.3 Å². The number of nitrogens with one attached hydrogen (secondary N) is 1. The standard InChI is InChI=1S/C13H15FN2O2S/c1-17-8-3-4-10(11(14)5-8)13(16-15)12-6-9(18-2)7-19-12/h3-7,13,16H,15H2,1-2H3. The minimum atomic E-state index is -0.417. The van der Waals surface area contributed by atoms with E-state index in [1.165, 1.54) is 24.5 Å². The van der Waals surface area contributed by atoms with Crippen LogP contribution in [0.4, 0.5) is 4.39 Å². The number of methoxy groups -OCH3 is 2. The minimum Gasteiger partial charge on any atom is -0.497 e. The Labute approximate surface area is 114 Å². The maximum atomic E-state index is 14.0. The molecule has 1 heterocycles. The number of hydrogen-bond acceptors (Lipinski definition) is 5. The van der Waals surface area contributed by atoms with Gasteiger partial charge in [-0.15, -0.1) is 11.3 Å². The molecule has 0 saturated carbocycles. The highest BCUT2D eigenvalue weighted by Crippen LogP contribution is 2.32. The van der Waals surface area contributed by atoms with E-state index in [4.69, 9.17) is 15.3 Å². The summed E-state index contributed by atoms with van der Waals surface area (Å²) < 4.78 is 24.1. The molecule has 1 unspecified atom stereocenters.